The van der Waals surface area contributed by atoms with Gasteiger partial charge in [0.25, 0.3) is 0 Å². The van der Waals surface area contributed by atoms with Gasteiger partial charge in [-0.1, -0.05) is 61.8 Å². The molecule has 190 valence electrons. The van der Waals surface area contributed by atoms with Gasteiger partial charge in [0.15, 0.2) is 0 Å². The Morgan fingerprint density at radius 2 is 1.76 bits per heavy atom. The predicted molar refractivity (Wildman–Crippen MR) is 144 cm³/mol. The minimum Gasteiger partial charge on any atom is -0.462 e. The third kappa shape index (κ3) is 5.98. The Bertz CT molecular complexity index is 951. The Morgan fingerprint density at radius 1 is 1.15 bits per heavy atom. The summed E-state index contributed by atoms with van der Waals surface area (Å²) in [5, 5.41) is 0. The minimum absolute atomic E-state index is 0.109. The molecule has 4 nitrogen and oxygen atoms in total. The molecule has 1 unspecified atom stereocenters. The van der Waals surface area contributed by atoms with Crippen molar-refractivity contribution in [2.45, 2.75) is 114 Å². The topological polar surface area (TPSA) is 51.5 Å². The third-order valence-electron chi connectivity index (χ3n) is 8.21. The summed E-state index contributed by atoms with van der Waals surface area (Å²) >= 11 is 0. The summed E-state index contributed by atoms with van der Waals surface area (Å²) in [6.45, 7) is 25.0. The van der Waals surface area contributed by atoms with Crippen LogP contribution in [0.3, 0.4) is 0 Å². The summed E-state index contributed by atoms with van der Waals surface area (Å²) in [5.74, 6) is 0.0915. The molecule has 0 fully saturated rings. The molecule has 1 aromatic heterocycles. The fourth-order valence-corrected chi connectivity index (χ4v) is 5.38. The Hall–Kier alpha value is -1.97. The van der Waals surface area contributed by atoms with Crippen molar-refractivity contribution in [2.75, 3.05) is 6.61 Å². The highest BCUT2D eigenvalue weighted by atomic mass is 16.5. The number of rotatable bonds is 9. The molecule has 1 atom stereocenters. The second-order valence-electron chi connectivity index (χ2n) is 11.9. The smallest absolute Gasteiger partial charge is 0.339 e. The maximum absolute atomic E-state index is 12.2. The number of carbonyl (C=O) groups excluding carboxylic acids is 1. The summed E-state index contributed by atoms with van der Waals surface area (Å²) in [5.41, 5.74) is 6.82. The van der Waals surface area contributed by atoms with Crippen molar-refractivity contribution in [2.24, 2.45) is 21.7 Å². The highest BCUT2D eigenvalue weighted by Crippen LogP contribution is 2.49. The fraction of sp³-hybridized carbons (Fsp3) is 0.700. The van der Waals surface area contributed by atoms with E-state index in [9.17, 15) is 4.79 Å². The maximum atomic E-state index is 12.2. The van der Waals surface area contributed by atoms with Gasteiger partial charge in [0.1, 0.15) is 0 Å². The molecule has 1 heterocycles. The van der Waals surface area contributed by atoms with E-state index in [-0.39, 0.29) is 22.2 Å². The summed E-state index contributed by atoms with van der Waals surface area (Å²) in [4.78, 5) is 22.3. The first-order valence-electron chi connectivity index (χ1n) is 13.1. The number of nitrogens with zero attached hydrogens (tertiary/aromatic N) is 2. The number of hydrogen-bond acceptors (Lipinski definition) is 4. The van der Waals surface area contributed by atoms with Gasteiger partial charge >= 0.3 is 5.97 Å². The third-order valence-corrected chi connectivity index (χ3v) is 8.21. The van der Waals surface area contributed by atoms with Crippen LogP contribution >= 0.6 is 0 Å². The molecule has 0 radical (unpaired) electrons. The molecule has 1 aliphatic carbocycles. The molecule has 0 N–H and O–H groups in total. The van der Waals surface area contributed by atoms with Gasteiger partial charge in [-0.2, -0.15) is 0 Å². The first-order chi connectivity index (χ1) is 15.7. The van der Waals surface area contributed by atoms with Crippen molar-refractivity contribution in [3.63, 3.8) is 0 Å². The molecule has 0 aliphatic heterocycles. The normalized spacial score (nSPS) is 19.2. The summed E-state index contributed by atoms with van der Waals surface area (Å²) in [7, 11) is 0. The molecular weight excluding hydrogens is 420 g/mol. The number of ether oxygens (including phenoxy) is 1. The van der Waals surface area contributed by atoms with E-state index in [0.29, 0.717) is 18.1 Å². The molecule has 0 bridgehead atoms. The molecule has 0 amide bonds. The highest BCUT2D eigenvalue weighted by Gasteiger charge is 2.38. The number of aromatic nitrogens is 1. The van der Waals surface area contributed by atoms with E-state index < -0.39 is 0 Å². The van der Waals surface area contributed by atoms with Crippen LogP contribution in [0.15, 0.2) is 28.5 Å². The van der Waals surface area contributed by atoms with Crippen molar-refractivity contribution in [3.8, 4) is 0 Å². The van der Waals surface area contributed by atoms with E-state index in [2.05, 4.69) is 69.2 Å². The molecule has 0 saturated carbocycles. The lowest BCUT2D eigenvalue weighted by Gasteiger charge is -2.41. The second-order valence-corrected chi connectivity index (χ2v) is 11.9. The maximum Gasteiger partial charge on any atom is 0.339 e. The molecule has 4 heteroatoms. The number of hydrogen-bond donors (Lipinski definition) is 0. The zero-order valence-corrected chi connectivity index (χ0v) is 23.7. The Labute approximate surface area is 208 Å². The minimum atomic E-state index is -0.300. The Balaban J connectivity index is 2.40. The van der Waals surface area contributed by atoms with Gasteiger partial charge in [-0.15, -0.1) is 0 Å². The van der Waals surface area contributed by atoms with Gasteiger partial charge in [-0.05, 0) is 75.0 Å². The van der Waals surface area contributed by atoms with Crippen LogP contribution in [0.5, 0.6) is 0 Å². The number of carbonyl (C=O) groups is 1. The number of aliphatic imine (C=N–C) groups is 1. The number of pyridine rings is 1. The second kappa shape index (κ2) is 10.7. The SMILES string of the molecule is CCOC(=O)c1cnc(C(C)(C)C(CC)CC(C)=NC2=C(C)C(C)(C)CCC2(C)C)c(CC)c1. The lowest BCUT2D eigenvalue weighted by atomic mass is 9.66. The van der Waals surface area contributed by atoms with Crippen molar-refractivity contribution in [1.82, 2.24) is 4.98 Å². The zero-order valence-electron chi connectivity index (χ0n) is 23.7. The first kappa shape index (κ1) is 28.3. The molecule has 0 aromatic carbocycles. The van der Waals surface area contributed by atoms with Crippen LogP contribution in [0.4, 0.5) is 0 Å². The van der Waals surface area contributed by atoms with Gasteiger partial charge in [0.05, 0.1) is 12.2 Å². The van der Waals surface area contributed by atoms with Crippen LogP contribution in [0.1, 0.15) is 123 Å². The lowest BCUT2D eigenvalue weighted by Crippen LogP contribution is -2.33. The summed E-state index contributed by atoms with van der Waals surface area (Å²) in [6.07, 6.45) is 6.86. The zero-order chi connectivity index (χ0) is 25.9. The van der Waals surface area contributed by atoms with Crippen LogP contribution in [-0.4, -0.2) is 23.3 Å². The van der Waals surface area contributed by atoms with Crippen molar-refractivity contribution in [1.29, 1.82) is 0 Å². The predicted octanol–water partition coefficient (Wildman–Crippen LogP) is 8.10. The summed E-state index contributed by atoms with van der Waals surface area (Å²) in [6, 6.07) is 1.97. The van der Waals surface area contributed by atoms with Gasteiger partial charge in [-0.25, -0.2) is 4.79 Å². The average molecular weight is 469 g/mol. The monoisotopic (exact) mass is 468 g/mol. The Kier molecular flexibility index (Phi) is 8.93. The summed E-state index contributed by atoms with van der Waals surface area (Å²) < 4.78 is 5.19. The molecule has 34 heavy (non-hydrogen) atoms. The van der Waals surface area contributed by atoms with E-state index in [1.165, 1.54) is 29.8 Å². The standard InChI is InChI=1S/C30H48N2O2/c1-12-22-18-23(27(33)34-14-3)19-31-26(22)30(10,11)24(13-2)17-20(4)32-25-21(5)28(6,7)15-16-29(25,8)9/h18-19,24H,12-17H2,1-11H3. The molecule has 2 rings (SSSR count). The van der Waals surface area contributed by atoms with Crippen LogP contribution in [-0.2, 0) is 16.6 Å². The molecular formula is C30H48N2O2. The lowest BCUT2D eigenvalue weighted by molar-refractivity contribution is 0.0525. The van der Waals surface area contributed by atoms with Gasteiger partial charge < -0.3 is 4.74 Å². The fourth-order valence-electron chi connectivity index (χ4n) is 5.38. The van der Waals surface area contributed by atoms with Gasteiger partial charge in [-0.3, -0.25) is 9.98 Å². The van der Waals surface area contributed by atoms with E-state index >= 15 is 0 Å². The highest BCUT2D eigenvalue weighted by molar-refractivity contribution is 5.89. The van der Waals surface area contributed by atoms with Crippen LogP contribution < -0.4 is 0 Å². The van der Waals surface area contributed by atoms with E-state index in [4.69, 9.17) is 14.7 Å². The van der Waals surface area contributed by atoms with Crippen LogP contribution in [0, 0.1) is 16.7 Å². The van der Waals surface area contributed by atoms with Gasteiger partial charge in [0, 0.05) is 34.1 Å². The van der Waals surface area contributed by atoms with Gasteiger partial charge in [0.2, 0.25) is 0 Å². The van der Waals surface area contributed by atoms with Crippen LogP contribution in [0.25, 0.3) is 0 Å². The number of aryl methyl sites for hydroxylation is 1. The molecule has 0 spiro atoms. The first-order valence-corrected chi connectivity index (χ1v) is 13.1. The van der Waals surface area contributed by atoms with Crippen LogP contribution in [0.2, 0.25) is 0 Å². The molecule has 1 aliphatic rings. The van der Waals surface area contributed by atoms with Crippen molar-refractivity contribution in [3.05, 3.63) is 40.4 Å². The van der Waals surface area contributed by atoms with E-state index in [1.807, 2.05) is 13.0 Å². The average Bonchev–Trinajstić information content (AvgIpc) is 2.77. The van der Waals surface area contributed by atoms with E-state index in [0.717, 1.165) is 30.5 Å². The van der Waals surface area contributed by atoms with Crippen molar-refractivity contribution >= 4 is 11.7 Å². The quantitative estimate of drug-likeness (QED) is 0.272. The largest absolute Gasteiger partial charge is 0.462 e. The molecule has 1 aromatic rings. The van der Waals surface area contributed by atoms with Crippen molar-refractivity contribution < 1.29 is 9.53 Å². The number of allylic oxidation sites excluding steroid dienone is 2. The Morgan fingerprint density at radius 3 is 2.32 bits per heavy atom. The number of esters is 1. The molecule has 0 saturated heterocycles. The van der Waals surface area contributed by atoms with E-state index in [1.54, 1.807) is 6.20 Å².